The smallest absolute Gasteiger partial charge is 0.155 e. The molecule has 1 saturated carbocycles. The van der Waals surface area contributed by atoms with Crippen LogP contribution in [0.2, 0.25) is 0 Å². The molecule has 0 N–H and O–H groups in total. The van der Waals surface area contributed by atoms with Crippen molar-refractivity contribution in [3.63, 3.8) is 0 Å². The summed E-state index contributed by atoms with van der Waals surface area (Å²) < 4.78 is 5.63. The lowest BCUT2D eigenvalue weighted by molar-refractivity contribution is 0.250. The van der Waals surface area contributed by atoms with Gasteiger partial charge in [0.2, 0.25) is 0 Å². The Balaban J connectivity index is 1.95. The van der Waals surface area contributed by atoms with E-state index in [0.29, 0.717) is 17.2 Å². The van der Waals surface area contributed by atoms with Crippen molar-refractivity contribution in [2.75, 3.05) is 6.61 Å². The summed E-state index contributed by atoms with van der Waals surface area (Å²) in [6.07, 6.45) is 8.36. The molecule has 0 amide bonds. The fraction of sp³-hybridized carbons (Fsp3) is 0.500. The van der Waals surface area contributed by atoms with Crippen LogP contribution in [0.5, 0.6) is 5.75 Å². The maximum Gasteiger partial charge on any atom is 0.155 e. The molecule has 1 aromatic heterocycles. The second kappa shape index (κ2) is 4.79. The van der Waals surface area contributed by atoms with Crippen LogP contribution in [0.1, 0.15) is 31.2 Å². The zero-order valence-corrected chi connectivity index (χ0v) is 8.65. The lowest BCUT2D eigenvalue weighted by Gasteiger charge is -2.11. The minimum absolute atomic E-state index is 0.572. The van der Waals surface area contributed by atoms with Gasteiger partial charge in [0, 0.05) is 6.20 Å². The molecule has 0 aromatic carbocycles. The largest absolute Gasteiger partial charge is 0.490 e. The van der Waals surface area contributed by atoms with Crippen LogP contribution in [0.15, 0.2) is 18.5 Å². The minimum atomic E-state index is 0.572. The first-order valence-corrected chi connectivity index (χ1v) is 5.37. The van der Waals surface area contributed by atoms with Gasteiger partial charge in [-0.15, -0.1) is 0 Å². The lowest BCUT2D eigenvalue weighted by Crippen LogP contribution is -2.08. The fourth-order valence-electron chi connectivity index (χ4n) is 1.97. The van der Waals surface area contributed by atoms with Crippen molar-refractivity contribution in [2.45, 2.75) is 25.7 Å². The molecule has 3 heteroatoms. The van der Waals surface area contributed by atoms with E-state index in [2.05, 4.69) is 11.1 Å². The number of aromatic nitrogens is 1. The molecule has 15 heavy (non-hydrogen) atoms. The van der Waals surface area contributed by atoms with Gasteiger partial charge in [0.25, 0.3) is 0 Å². The van der Waals surface area contributed by atoms with Gasteiger partial charge in [0.05, 0.1) is 18.4 Å². The van der Waals surface area contributed by atoms with Gasteiger partial charge in [-0.3, -0.25) is 4.98 Å². The lowest BCUT2D eigenvalue weighted by atomic mass is 10.1. The molecule has 1 aliphatic carbocycles. The number of rotatable bonds is 3. The van der Waals surface area contributed by atoms with Crippen molar-refractivity contribution in [1.29, 1.82) is 5.26 Å². The summed E-state index contributed by atoms with van der Waals surface area (Å²) in [7, 11) is 0. The summed E-state index contributed by atoms with van der Waals surface area (Å²) in [4.78, 5) is 3.96. The van der Waals surface area contributed by atoms with Crippen LogP contribution in [0.25, 0.3) is 0 Å². The molecule has 1 heterocycles. The van der Waals surface area contributed by atoms with Crippen molar-refractivity contribution in [3.8, 4) is 11.8 Å². The molecule has 1 aromatic rings. The second-order valence-electron chi connectivity index (χ2n) is 3.95. The molecule has 0 unspecified atom stereocenters. The molecule has 0 saturated heterocycles. The molecule has 0 radical (unpaired) electrons. The van der Waals surface area contributed by atoms with E-state index in [-0.39, 0.29) is 0 Å². The molecular weight excluding hydrogens is 188 g/mol. The summed E-state index contributed by atoms with van der Waals surface area (Å²) in [6.45, 7) is 0.723. The predicted molar refractivity (Wildman–Crippen MR) is 56.4 cm³/mol. The van der Waals surface area contributed by atoms with Crippen molar-refractivity contribution in [2.24, 2.45) is 5.92 Å². The van der Waals surface area contributed by atoms with Gasteiger partial charge in [0.15, 0.2) is 5.75 Å². The van der Waals surface area contributed by atoms with E-state index in [0.717, 1.165) is 6.61 Å². The van der Waals surface area contributed by atoms with E-state index in [4.69, 9.17) is 10.00 Å². The SMILES string of the molecule is N#Cc1ccncc1OCC1CCCC1. The summed E-state index contributed by atoms with van der Waals surface area (Å²) in [5, 5.41) is 8.85. The molecule has 0 spiro atoms. The predicted octanol–water partition coefficient (Wildman–Crippen LogP) is 2.52. The first-order chi connectivity index (χ1) is 7.40. The van der Waals surface area contributed by atoms with Gasteiger partial charge in [-0.25, -0.2) is 0 Å². The van der Waals surface area contributed by atoms with Gasteiger partial charge in [-0.05, 0) is 24.8 Å². The number of nitriles is 1. The topological polar surface area (TPSA) is 45.9 Å². The zero-order chi connectivity index (χ0) is 10.5. The van der Waals surface area contributed by atoms with Crippen LogP contribution >= 0.6 is 0 Å². The van der Waals surface area contributed by atoms with Gasteiger partial charge in [-0.2, -0.15) is 5.26 Å². The standard InChI is InChI=1S/C12H14N2O/c13-7-11-5-6-14-8-12(11)15-9-10-3-1-2-4-10/h5-6,8,10H,1-4,9H2. The Kier molecular flexibility index (Phi) is 3.18. The van der Waals surface area contributed by atoms with Gasteiger partial charge >= 0.3 is 0 Å². The van der Waals surface area contributed by atoms with Crippen molar-refractivity contribution >= 4 is 0 Å². The fourth-order valence-corrected chi connectivity index (χ4v) is 1.97. The normalized spacial score (nSPS) is 16.2. The summed E-state index contributed by atoms with van der Waals surface area (Å²) in [6, 6.07) is 3.79. The zero-order valence-electron chi connectivity index (χ0n) is 8.65. The second-order valence-corrected chi connectivity index (χ2v) is 3.95. The van der Waals surface area contributed by atoms with Crippen LogP contribution in [0.3, 0.4) is 0 Å². The molecule has 1 fully saturated rings. The van der Waals surface area contributed by atoms with Gasteiger partial charge in [0.1, 0.15) is 6.07 Å². The highest BCUT2D eigenvalue weighted by atomic mass is 16.5. The van der Waals surface area contributed by atoms with Gasteiger partial charge < -0.3 is 4.74 Å². The maximum absolute atomic E-state index is 8.85. The van der Waals surface area contributed by atoms with Crippen molar-refractivity contribution in [1.82, 2.24) is 4.98 Å². The van der Waals surface area contributed by atoms with Crippen LogP contribution in [0, 0.1) is 17.2 Å². The van der Waals surface area contributed by atoms with Crippen molar-refractivity contribution < 1.29 is 4.74 Å². The first-order valence-electron chi connectivity index (χ1n) is 5.37. The van der Waals surface area contributed by atoms with Gasteiger partial charge in [-0.1, -0.05) is 12.8 Å². The molecule has 78 valence electrons. The Morgan fingerprint density at radius 1 is 1.47 bits per heavy atom. The highest BCUT2D eigenvalue weighted by molar-refractivity contribution is 5.40. The highest BCUT2D eigenvalue weighted by Gasteiger charge is 2.16. The third-order valence-electron chi connectivity index (χ3n) is 2.85. The number of hydrogen-bond acceptors (Lipinski definition) is 3. The molecule has 2 rings (SSSR count). The van der Waals surface area contributed by atoms with E-state index >= 15 is 0 Å². The van der Waals surface area contributed by atoms with E-state index in [1.54, 1.807) is 18.5 Å². The molecule has 0 bridgehead atoms. The number of nitrogens with zero attached hydrogens (tertiary/aromatic N) is 2. The summed E-state index contributed by atoms with van der Waals surface area (Å²) in [5.74, 6) is 1.28. The molecule has 0 atom stereocenters. The molecule has 3 nitrogen and oxygen atoms in total. The molecule has 0 aliphatic heterocycles. The average Bonchev–Trinajstić information content (AvgIpc) is 2.79. The third-order valence-corrected chi connectivity index (χ3v) is 2.85. The average molecular weight is 202 g/mol. The quantitative estimate of drug-likeness (QED) is 0.756. The highest BCUT2D eigenvalue weighted by Crippen LogP contribution is 2.26. The number of hydrogen-bond donors (Lipinski definition) is 0. The Labute approximate surface area is 89.7 Å². The first kappa shape index (κ1) is 9.97. The Morgan fingerprint density at radius 2 is 2.27 bits per heavy atom. The van der Waals surface area contributed by atoms with E-state index in [1.807, 2.05) is 0 Å². The third kappa shape index (κ3) is 2.47. The minimum Gasteiger partial charge on any atom is -0.490 e. The molecule has 1 aliphatic rings. The van der Waals surface area contributed by atoms with E-state index in [1.165, 1.54) is 25.7 Å². The van der Waals surface area contributed by atoms with E-state index < -0.39 is 0 Å². The number of pyridine rings is 1. The summed E-state index contributed by atoms with van der Waals surface area (Å²) >= 11 is 0. The molecular formula is C12H14N2O. The maximum atomic E-state index is 8.85. The van der Waals surface area contributed by atoms with Crippen molar-refractivity contribution in [3.05, 3.63) is 24.0 Å². The monoisotopic (exact) mass is 202 g/mol. The Bertz CT molecular complexity index is 364. The Hall–Kier alpha value is -1.56. The van der Waals surface area contributed by atoms with Crippen LogP contribution in [-0.2, 0) is 0 Å². The van der Waals surface area contributed by atoms with Crippen LogP contribution in [0.4, 0.5) is 0 Å². The number of ether oxygens (including phenoxy) is 1. The van der Waals surface area contributed by atoms with Crippen LogP contribution in [-0.4, -0.2) is 11.6 Å². The van der Waals surface area contributed by atoms with E-state index in [9.17, 15) is 0 Å². The summed E-state index contributed by atoms with van der Waals surface area (Å²) in [5.41, 5.74) is 0.572. The van der Waals surface area contributed by atoms with Crippen LogP contribution < -0.4 is 4.74 Å². The Morgan fingerprint density at radius 3 is 3.00 bits per heavy atom.